The number of benzene rings is 2. The van der Waals surface area contributed by atoms with E-state index in [1.807, 2.05) is 13.0 Å². The first kappa shape index (κ1) is 11.3. The highest BCUT2D eigenvalue weighted by Gasteiger charge is 2.10. The molecule has 0 fully saturated rings. The molecule has 2 aromatic carbocycles. The molecule has 0 radical (unpaired) electrons. The fraction of sp³-hybridized carbons (Fsp3) is 0.143. The molecule has 0 aliphatic rings. The van der Waals surface area contributed by atoms with Crippen LogP contribution in [-0.2, 0) is 6.42 Å². The molecule has 2 rings (SSSR count). The van der Waals surface area contributed by atoms with Crippen molar-refractivity contribution in [2.24, 2.45) is 0 Å². The maximum absolute atomic E-state index is 9.90. The van der Waals surface area contributed by atoms with Crippen LogP contribution in [0.25, 0.3) is 11.1 Å². The number of rotatable bonds is 2. The number of hydrogen-bond acceptors (Lipinski definition) is 3. The lowest BCUT2D eigenvalue weighted by molar-refractivity contribution is 0.459. The van der Waals surface area contributed by atoms with Gasteiger partial charge in [0.05, 0.1) is 0 Å². The zero-order chi connectivity index (χ0) is 12.4. The van der Waals surface area contributed by atoms with Gasteiger partial charge in [-0.1, -0.05) is 19.1 Å². The molecule has 0 bridgehead atoms. The summed E-state index contributed by atoms with van der Waals surface area (Å²) in [5.41, 5.74) is 1.95. The highest BCUT2D eigenvalue weighted by Crippen LogP contribution is 2.37. The van der Waals surface area contributed by atoms with Gasteiger partial charge in [-0.25, -0.2) is 0 Å². The lowest BCUT2D eigenvalue weighted by Gasteiger charge is -2.09. The lowest BCUT2D eigenvalue weighted by Crippen LogP contribution is -1.84. The second-order valence-electron chi connectivity index (χ2n) is 3.91. The maximum atomic E-state index is 9.90. The van der Waals surface area contributed by atoms with Crippen LogP contribution in [0.5, 0.6) is 17.2 Å². The molecule has 3 nitrogen and oxygen atoms in total. The van der Waals surface area contributed by atoms with Gasteiger partial charge in [0.15, 0.2) is 0 Å². The first-order valence-corrected chi connectivity index (χ1v) is 5.46. The zero-order valence-electron chi connectivity index (χ0n) is 9.51. The average molecular weight is 230 g/mol. The van der Waals surface area contributed by atoms with Crippen molar-refractivity contribution in [3.63, 3.8) is 0 Å². The van der Waals surface area contributed by atoms with Crippen molar-refractivity contribution in [2.75, 3.05) is 0 Å². The van der Waals surface area contributed by atoms with Gasteiger partial charge in [-0.2, -0.15) is 0 Å². The van der Waals surface area contributed by atoms with Crippen molar-refractivity contribution < 1.29 is 15.3 Å². The molecule has 3 heteroatoms. The summed E-state index contributed by atoms with van der Waals surface area (Å²) < 4.78 is 0. The second-order valence-corrected chi connectivity index (χ2v) is 3.91. The van der Waals surface area contributed by atoms with Crippen LogP contribution in [0.3, 0.4) is 0 Å². The number of hydrogen-bond donors (Lipinski definition) is 3. The quantitative estimate of drug-likeness (QED) is 0.695. The minimum absolute atomic E-state index is 0.0300. The van der Waals surface area contributed by atoms with Gasteiger partial charge < -0.3 is 15.3 Å². The molecule has 0 aliphatic carbocycles. The number of phenolic OH excluding ortho intramolecular Hbond substituents is 3. The zero-order valence-corrected chi connectivity index (χ0v) is 9.51. The standard InChI is InChI=1S/C14H14O3/c1-2-9-3-5-11(14(17)7-9)12-8-10(15)4-6-13(12)16/h3-8,15-17H,2H2,1H3. The van der Waals surface area contributed by atoms with Gasteiger partial charge >= 0.3 is 0 Å². The minimum Gasteiger partial charge on any atom is -0.508 e. The molecule has 0 saturated heterocycles. The van der Waals surface area contributed by atoms with E-state index in [0.717, 1.165) is 12.0 Å². The van der Waals surface area contributed by atoms with Crippen LogP contribution >= 0.6 is 0 Å². The lowest BCUT2D eigenvalue weighted by atomic mass is 10.0. The summed E-state index contributed by atoms with van der Waals surface area (Å²) >= 11 is 0. The third-order valence-corrected chi connectivity index (χ3v) is 2.74. The van der Waals surface area contributed by atoms with E-state index in [4.69, 9.17) is 0 Å². The molecular formula is C14H14O3. The van der Waals surface area contributed by atoms with Gasteiger partial charge in [-0.15, -0.1) is 0 Å². The van der Waals surface area contributed by atoms with Crippen LogP contribution in [0.1, 0.15) is 12.5 Å². The highest BCUT2D eigenvalue weighted by molar-refractivity contribution is 5.76. The summed E-state index contributed by atoms with van der Waals surface area (Å²) in [6.45, 7) is 2.00. The third kappa shape index (κ3) is 2.18. The Hall–Kier alpha value is -2.16. The first-order chi connectivity index (χ1) is 8.11. The average Bonchev–Trinajstić information content (AvgIpc) is 2.32. The fourth-order valence-corrected chi connectivity index (χ4v) is 1.76. The molecule has 88 valence electrons. The molecule has 0 unspecified atom stereocenters. The van der Waals surface area contributed by atoms with E-state index >= 15 is 0 Å². The van der Waals surface area contributed by atoms with Gasteiger partial charge in [0.2, 0.25) is 0 Å². The molecule has 3 N–H and O–H groups in total. The van der Waals surface area contributed by atoms with E-state index in [-0.39, 0.29) is 17.2 Å². The Balaban J connectivity index is 2.56. The Morgan fingerprint density at radius 2 is 1.59 bits per heavy atom. The molecule has 0 saturated carbocycles. The van der Waals surface area contributed by atoms with E-state index in [9.17, 15) is 15.3 Å². The Kier molecular flexibility index (Phi) is 2.91. The van der Waals surface area contributed by atoms with E-state index < -0.39 is 0 Å². The van der Waals surface area contributed by atoms with Crippen LogP contribution in [0.4, 0.5) is 0 Å². The Labute approximate surface area is 99.6 Å². The van der Waals surface area contributed by atoms with E-state index in [2.05, 4.69) is 0 Å². The molecule has 0 heterocycles. The summed E-state index contributed by atoms with van der Waals surface area (Å²) in [6, 6.07) is 9.52. The Bertz CT molecular complexity index is 547. The maximum Gasteiger partial charge on any atom is 0.123 e. The summed E-state index contributed by atoms with van der Waals surface area (Å²) in [4.78, 5) is 0. The van der Waals surface area contributed by atoms with Gasteiger partial charge in [0, 0.05) is 11.1 Å². The highest BCUT2D eigenvalue weighted by atomic mass is 16.3. The van der Waals surface area contributed by atoms with Crippen LogP contribution in [-0.4, -0.2) is 15.3 Å². The predicted molar refractivity (Wildman–Crippen MR) is 66.3 cm³/mol. The van der Waals surface area contributed by atoms with Crippen LogP contribution in [0.2, 0.25) is 0 Å². The van der Waals surface area contributed by atoms with Crippen molar-refractivity contribution in [1.82, 2.24) is 0 Å². The van der Waals surface area contributed by atoms with Crippen LogP contribution in [0, 0.1) is 0 Å². The van der Waals surface area contributed by atoms with Gasteiger partial charge in [-0.05, 0) is 36.2 Å². The fourth-order valence-electron chi connectivity index (χ4n) is 1.76. The Morgan fingerprint density at radius 3 is 2.24 bits per heavy atom. The molecule has 0 aromatic heterocycles. The van der Waals surface area contributed by atoms with Crippen LogP contribution in [0.15, 0.2) is 36.4 Å². The minimum atomic E-state index is 0.0300. The van der Waals surface area contributed by atoms with Crippen molar-refractivity contribution >= 4 is 0 Å². The molecule has 0 atom stereocenters. The Morgan fingerprint density at radius 1 is 0.824 bits per heavy atom. The van der Waals surface area contributed by atoms with Gasteiger partial charge in [0.25, 0.3) is 0 Å². The molecule has 0 spiro atoms. The van der Waals surface area contributed by atoms with Crippen molar-refractivity contribution in [1.29, 1.82) is 0 Å². The second kappa shape index (κ2) is 4.37. The van der Waals surface area contributed by atoms with E-state index in [1.54, 1.807) is 12.1 Å². The number of aryl methyl sites for hydroxylation is 1. The van der Waals surface area contributed by atoms with Crippen molar-refractivity contribution in [3.05, 3.63) is 42.0 Å². The molecular weight excluding hydrogens is 216 g/mol. The SMILES string of the molecule is CCc1ccc(-c2cc(O)ccc2O)c(O)c1. The van der Waals surface area contributed by atoms with Gasteiger partial charge in [0.1, 0.15) is 17.2 Å². The van der Waals surface area contributed by atoms with E-state index in [0.29, 0.717) is 11.1 Å². The van der Waals surface area contributed by atoms with Crippen LogP contribution < -0.4 is 0 Å². The molecule has 0 aliphatic heterocycles. The molecule has 2 aromatic rings. The van der Waals surface area contributed by atoms with E-state index in [1.165, 1.54) is 18.2 Å². The number of aromatic hydroxyl groups is 3. The smallest absolute Gasteiger partial charge is 0.123 e. The molecule has 0 amide bonds. The van der Waals surface area contributed by atoms with Gasteiger partial charge in [-0.3, -0.25) is 0 Å². The first-order valence-electron chi connectivity index (χ1n) is 5.46. The molecule has 17 heavy (non-hydrogen) atoms. The number of phenols is 3. The van der Waals surface area contributed by atoms with Crippen molar-refractivity contribution in [2.45, 2.75) is 13.3 Å². The predicted octanol–water partition coefficient (Wildman–Crippen LogP) is 3.03. The third-order valence-electron chi connectivity index (χ3n) is 2.74. The summed E-state index contributed by atoms with van der Waals surface area (Å²) in [5, 5.41) is 29.0. The normalized spacial score (nSPS) is 10.4. The summed E-state index contributed by atoms with van der Waals surface area (Å²) in [7, 11) is 0. The van der Waals surface area contributed by atoms with Crippen molar-refractivity contribution in [3.8, 4) is 28.4 Å². The largest absolute Gasteiger partial charge is 0.508 e. The topological polar surface area (TPSA) is 60.7 Å². The summed E-state index contributed by atoms with van der Waals surface area (Å²) in [6.07, 6.45) is 0.833. The monoisotopic (exact) mass is 230 g/mol. The summed E-state index contributed by atoms with van der Waals surface area (Å²) in [5.74, 6) is 0.185.